The van der Waals surface area contributed by atoms with Gasteiger partial charge in [0.25, 0.3) is 0 Å². The highest BCUT2D eigenvalue weighted by Crippen LogP contribution is 2.52. The van der Waals surface area contributed by atoms with Gasteiger partial charge < -0.3 is 9.84 Å². The Bertz CT molecular complexity index is 532. The molecule has 0 atom stereocenters. The molecular weight excluding hydrogens is 298 g/mol. The second-order valence-corrected chi connectivity index (χ2v) is 5.35. The van der Waals surface area contributed by atoms with Gasteiger partial charge in [-0.1, -0.05) is 15.9 Å². The maximum absolute atomic E-state index is 10.6. The number of hydrogen-bond donors (Lipinski definition) is 1. The number of aliphatic imine (C=N–C) groups is 1. The first kappa shape index (κ1) is 13.1. The standard InChI is InChI=1S/C13H14BrNO3/c1-8-9(14)6-10(18-2)12(17)11(8)13(15-7-16)4-3-5-13/h6,17H,3-5H2,1-2H3. The Hall–Kier alpha value is -1.32. The van der Waals surface area contributed by atoms with E-state index in [4.69, 9.17) is 4.74 Å². The average molecular weight is 312 g/mol. The van der Waals surface area contributed by atoms with Crippen LogP contribution in [0.4, 0.5) is 0 Å². The molecule has 0 saturated heterocycles. The van der Waals surface area contributed by atoms with Crippen LogP contribution in [0.2, 0.25) is 0 Å². The van der Waals surface area contributed by atoms with Crippen LogP contribution in [0.5, 0.6) is 11.5 Å². The van der Waals surface area contributed by atoms with Gasteiger partial charge in [-0.2, -0.15) is 4.99 Å². The highest BCUT2D eigenvalue weighted by molar-refractivity contribution is 9.10. The summed E-state index contributed by atoms with van der Waals surface area (Å²) in [6.45, 7) is 1.89. The van der Waals surface area contributed by atoms with Crippen molar-refractivity contribution in [2.24, 2.45) is 4.99 Å². The zero-order valence-corrected chi connectivity index (χ0v) is 11.9. The van der Waals surface area contributed by atoms with E-state index in [-0.39, 0.29) is 5.75 Å². The number of ether oxygens (including phenoxy) is 1. The molecule has 0 spiro atoms. The molecule has 0 unspecified atom stereocenters. The second-order valence-electron chi connectivity index (χ2n) is 4.50. The van der Waals surface area contributed by atoms with Crippen LogP contribution >= 0.6 is 15.9 Å². The molecule has 0 heterocycles. The Kier molecular flexibility index (Phi) is 3.46. The fraction of sp³-hybridized carbons (Fsp3) is 0.462. The topological polar surface area (TPSA) is 58.9 Å². The number of isocyanates is 1. The molecule has 1 fully saturated rings. The van der Waals surface area contributed by atoms with E-state index in [1.807, 2.05) is 6.92 Å². The summed E-state index contributed by atoms with van der Waals surface area (Å²) in [5, 5.41) is 10.3. The van der Waals surface area contributed by atoms with E-state index in [2.05, 4.69) is 20.9 Å². The number of nitrogens with zero attached hydrogens (tertiary/aromatic N) is 1. The maximum atomic E-state index is 10.6. The van der Waals surface area contributed by atoms with Gasteiger partial charge >= 0.3 is 0 Å². The van der Waals surface area contributed by atoms with Crippen LogP contribution < -0.4 is 4.74 Å². The molecule has 1 saturated carbocycles. The van der Waals surface area contributed by atoms with Crippen molar-refractivity contribution in [3.8, 4) is 11.5 Å². The van der Waals surface area contributed by atoms with Crippen LogP contribution in [-0.2, 0) is 10.3 Å². The fourth-order valence-corrected chi connectivity index (χ4v) is 2.86. The molecule has 5 heteroatoms. The molecule has 0 aliphatic heterocycles. The SMILES string of the molecule is COc1cc(Br)c(C)c(C2(N=C=O)CCC2)c1O. The molecule has 4 nitrogen and oxygen atoms in total. The lowest BCUT2D eigenvalue weighted by molar-refractivity contribution is 0.243. The van der Waals surface area contributed by atoms with Crippen molar-refractivity contribution in [2.45, 2.75) is 31.7 Å². The molecule has 96 valence electrons. The normalized spacial score (nSPS) is 16.6. The average Bonchev–Trinajstić information content (AvgIpc) is 2.30. The van der Waals surface area contributed by atoms with Crippen molar-refractivity contribution in [1.82, 2.24) is 0 Å². The molecule has 2 rings (SSSR count). The van der Waals surface area contributed by atoms with Crippen molar-refractivity contribution in [3.63, 3.8) is 0 Å². The first-order valence-corrected chi connectivity index (χ1v) is 6.50. The molecule has 1 N–H and O–H groups in total. The van der Waals surface area contributed by atoms with Crippen molar-refractivity contribution in [3.05, 3.63) is 21.7 Å². The van der Waals surface area contributed by atoms with Gasteiger partial charge in [-0.15, -0.1) is 0 Å². The van der Waals surface area contributed by atoms with E-state index in [9.17, 15) is 9.90 Å². The van der Waals surface area contributed by atoms with E-state index < -0.39 is 5.54 Å². The minimum Gasteiger partial charge on any atom is -0.504 e. The quantitative estimate of drug-likeness (QED) is 0.689. The van der Waals surface area contributed by atoms with Gasteiger partial charge in [-0.25, -0.2) is 4.79 Å². The summed E-state index contributed by atoms with van der Waals surface area (Å²) < 4.78 is 5.98. The lowest BCUT2D eigenvalue weighted by Crippen LogP contribution is -2.33. The van der Waals surface area contributed by atoms with Crippen LogP contribution in [0.25, 0.3) is 0 Å². The third-order valence-corrected chi connectivity index (χ3v) is 4.41. The molecule has 0 bridgehead atoms. The highest BCUT2D eigenvalue weighted by atomic mass is 79.9. The van der Waals surface area contributed by atoms with Gasteiger partial charge in [0.2, 0.25) is 6.08 Å². The summed E-state index contributed by atoms with van der Waals surface area (Å²) in [6, 6.07) is 1.71. The van der Waals surface area contributed by atoms with E-state index in [0.29, 0.717) is 11.3 Å². The fourth-order valence-electron chi connectivity index (χ4n) is 2.45. The predicted molar refractivity (Wildman–Crippen MR) is 70.7 cm³/mol. The third kappa shape index (κ3) is 1.84. The second kappa shape index (κ2) is 4.75. The highest BCUT2D eigenvalue weighted by Gasteiger charge is 2.43. The molecule has 1 aromatic rings. The van der Waals surface area contributed by atoms with Gasteiger partial charge in [0.1, 0.15) is 5.54 Å². The van der Waals surface area contributed by atoms with E-state index in [1.54, 1.807) is 12.1 Å². The summed E-state index contributed by atoms with van der Waals surface area (Å²) in [4.78, 5) is 14.6. The van der Waals surface area contributed by atoms with Crippen LogP contribution in [0, 0.1) is 6.92 Å². The van der Waals surface area contributed by atoms with Crippen LogP contribution in [-0.4, -0.2) is 18.3 Å². The van der Waals surface area contributed by atoms with Gasteiger partial charge in [0, 0.05) is 10.0 Å². The largest absolute Gasteiger partial charge is 0.504 e. The Labute approximate surface area is 114 Å². The molecular formula is C13H14BrNO3. The summed E-state index contributed by atoms with van der Waals surface area (Å²) in [5.41, 5.74) is 0.919. The first-order valence-electron chi connectivity index (χ1n) is 5.71. The van der Waals surface area contributed by atoms with Gasteiger partial charge in [-0.3, -0.25) is 0 Å². The third-order valence-electron chi connectivity index (χ3n) is 3.59. The Balaban J connectivity index is 2.69. The number of methoxy groups -OCH3 is 1. The zero-order chi connectivity index (χ0) is 13.3. The lowest BCUT2D eigenvalue weighted by atomic mass is 9.70. The minimum atomic E-state index is -0.632. The molecule has 1 aliphatic carbocycles. The molecule has 0 aromatic heterocycles. The summed E-state index contributed by atoms with van der Waals surface area (Å²) in [6.07, 6.45) is 4.11. The monoisotopic (exact) mass is 311 g/mol. The number of benzene rings is 1. The van der Waals surface area contributed by atoms with Gasteiger partial charge in [0.15, 0.2) is 11.5 Å². The molecule has 1 aromatic carbocycles. The number of rotatable bonds is 3. The van der Waals surface area contributed by atoms with Crippen molar-refractivity contribution < 1.29 is 14.6 Å². The van der Waals surface area contributed by atoms with Crippen molar-refractivity contribution >= 4 is 22.0 Å². The van der Waals surface area contributed by atoms with Gasteiger partial charge in [0.05, 0.1) is 7.11 Å². The van der Waals surface area contributed by atoms with Crippen molar-refractivity contribution in [2.75, 3.05) is 7.11 Å². The van der Waals surface area contributed by atoms with Crippen LogP contribution in [0.1, 0.15) is 30.4 Å². The molecule has 18 heavy (non-hydrogen) atoms. The maximum Gasteiger partial charge on any atom is 0.235 e. The minimum absolute atomic E-state index is 0.0666. The van der Waals surface area contributed by atoms with E-state index >= 15 is 0 Å². The lowest BCUT2D eigenvalue weighted by Gasteiger charge is -2.38. The Morgan fingerprint density at radius 1 is 1.56 bits per heavy atom. The van der Waals surface area contributed by atoms with E-state index in [1.165, 1.54) is 7.11 Å². The van der Waals surface area contributed by atoms with Crippen LogP contribution in [0.3, 0.4) is 0 Å². The summed E-state index contributed by atoms with van der Waals surface area (Å²) in [7, 11) is 1.50. The first-order chi connectivity index (χ1) is 8.55. The summed E-state index contributed by atoms with van der Waals surface area (Å²) >= 11 is 3.44. The number of carbonyl (C=O) groups excluding carboxylic acids is 1. The predicted octanol–water partition coefficient (Wildman–Crippen LogP) is 3.19. The molecule has 1 aliphatic rings. The molecule has 0 amide bonds. The number of phenolic OH excluding ortho intramolecular Hbond substituents is 1. The van der Waals surface area contributed by atoms with E-state index in [0.717, 1.165) is 29.3 Å². The number of phenols is 1. The Morgan fingerprint density at radius 2 is 2.22 bits per heavy atom. The summed E-state index contributed by atoms with van der Waals surface area (Å²) in [5.74, 6) is 0.451. The smallest absolute Gasteiger partial charge is 0.235 e. The van der Waals surface area contributed by atoms with Crippen molar-refractivity contribution in [1.29, 1.82) is 0 Å². The zero-order valence-electron chi connectivity index (χ0n) is 10.3. The molecule has 0 radical (unpaired) electrons. The van der Waals surface area contributed by atoms with Gasteiger partial charge in [-0.05, 0) is 37.8 Å². The Morgan fingerprint density at radius 3 is 2.67 bits per heavy atom. The number of aromatic hydroxyl groups is 1. The number of halogens is 1. The number of hydrogen-bond acceptors (Lipinski definition) is 4. The van der Waals surface area contributed by atoms with Crippen LogP contribution in [0.15, 0.2) is 15.5 Å².